The molecular weight excluding hydrogens is 288 g/mol. The van der Waals surface area contributed by atoms with Gasteiger partial charge >= 0.3 is 0 Å². The van der Waals surface area contributed by atoms with Crippen LogP contribution in [0.25, 0.3) is 0 Å². The van der Waals surface area contributed by atoms with Crippen LogP contribution in [0, 0.1) is 5.92 Å². The van der Waals surface area contributed by atoms with Gasteiger partial charge in [0.25, 0.3) is 0 Å². The molecule has 1 aromatic carbocycles. The Morgan fingerprint density at radius 2 is 2.00 bits per heavy atom. The van der Waals surface area contributed by atoms with Crippen molar-refractivity contribution in [3.05, 3.63) is 35.9 Å². The predicted octanol–water partition coefficient (Wildman–Crippen LogP) is 1.62. The maximum atomic E-state index is 11.6. The van der Waals surface area contributed by atoms with E-state index in [0.717, 1.165) is 31.8 Å². The van der Waals surface area contributed by atoms with Gasteiger partial charge in [0.1, 0.15) is 0 Å². The minimum Gasteiger partial charge on any atom is -0.357 e. The summed E-state index contributed by atoms with van der Waals surface area (Å²) in [5.74, 6) is 1.87. The van der Waals surface area contributed by atoms with E-state index in [-0.39, 0.29) is 11.8 Å². The summed E-state index contributed by atoms with van der Waals surface area (Å²) in [7, 11) is 0. The number of carbonyl (C=O) groups excluding carboxylic acids is 1. The van der Waals surface area contributed by atoms with E-state index in [1.807, 2.05) is 0 Å². The van der Waals surface area contributed by atoms with Gasteiger partial charge in [-0.25, -0.2) is 0 Å². The second kappa shape index (κ2) is 7.49. The number of guanidine groups is 1. The summed E-state index contributed by atoms with van der Waals surface area (Å²) in [5.41, 5.74) is 1.39. The number of hydrogen-bond donors (Lipinski definition) is 3. The first-order valence-electron chi connectivity index (χ1n) is 8.65. The molecule has 2 fully saturated rings. The van der Waals surface area contributed by atoms with Crippen LogP contribution in [0.2, 0.25) is 0 Å². The number of aliphatic imine (C=N–C) groups is 1. The average molecular weight is 314 g/mol. The maximum Gasteiger partial charge on any atom is 0.223 e. The van der Waals surface area contributed by atoms with Crippen LogP contribution < -0.4 is 16.0 Å². The molecule has 2 atom stereocenters. The highest BCUT2D eigenvalue weighted by Gasteiger charge is 2.38. The van der Waals surface area contributed by atoms with Gasteiger partial charge in [-0.1, -0.05) is 30.3 Å². The second-order valence-corrected chi connectivity index (χ2v) is 6.33. The molecule has 5 nitrogen and oxygen atoms in total. The van der Waals surface area contributed by atoms with Crippen LogP contribution in [-0.4, -0.2) is 37.5 Å². The molecule has 0 aromatic heterocycles. The molecule has 0 heterocycles. The number of amides is 1. The maximum absolute atomic E-state index is 11.6. The summed E-state index contributed by atoms with van der Waals surface area (Å²) in [6, 6.07) is 11.1. The molecule has 5 heteroatoms. The summed E-state index contributed by atoms with van der Waals surface area (Å²) in [4.78, 5) is 16.1. The molecule has 0 spiro atoms. The minimum atomic E-state index is 0.185. The van der Waals surface area contributed by atoms with Crippen LogP contribution in [0.15, 0.2) is 35.3 Å². The van der Waals surface area contributed by atoms with Crippen molar-refractivity contribution in [1.29, 1.82) is 0 Å². The number of nitrogens with one attached hydrogen (secondary N) is 3. The van der Waals surface area contributed by atoms with Crippen molar-refractivity contribution >= 4 is 11.9 Å². The molecule has 3 rings (SSSR count). The SMILES string of the molecule is CCNC(=NCCNC(=O)C1CC1)NC1CC1c1ccccc1. The van der Waals surface area contributed by atoms with E-state index in [9.17, 15) is 4.79 Å². The molecular formula is C18H26N4O. The highest BCUT2D eigenvalue weighted by molar-refractivity contribution is 5.81. The van der Waals surface area contributed by atoms with Crippen LogP contribution in [0.3, 0.4) is 0 Å². The molecule has 1 amide bonds. The Morgan fingerprint density at radius 1 is 1.22 bits per heavy atom. The zero-order valence-electron chi connectivity index (χ0n) is 13.7. The van der Waals surface area contributed by atoms with Crippen molar-refractivity contribution in [3.63, 3.8) is 0 Å². The molecule has 124 valence electrons. The molecule has 23 heavy (non-hydrogen) atoms. The fourth-order valence-corrected chi connectivity index (χ4v) is 2.76. The first kappa shape index (κ1) is 15.8. The van der Waals surface area contributed by atoms with Crippen molar-refractivity contribution in [2.45, 2.75) is 38.1 Å². The van der Waals surface area contributed by atoms with E-state index in [4.69, 9.17) is 0 Å². The largest absolute Gasteiger partial charge is 0.357 e. The number of nitrogens with zero attached hydrogens (tertiary/aromatic N) is 1. The smallest absolute Gasteiger partial charge is 0.223 e. The van der Waals surface area contributed by atoms with Gasteiger partial charge in [-0.3, -0.25) is 9.79 Å². The monoisotopic (exact) mass is 314 g/mol. The van der Waals surface area contributed by atoms with Gasteiger partial charge in [0.2, 0.25) is 5.91 Å². The van der Waals surface area contributed by atoms with Crippen LogP contribution in [0.4, 0.5) is 0 Å². The van der Waals surface area contributed by atoms with Crippen molar-refractivity contribution < 1.29 is 4.79 Å². The topological polar surface area (TPSA) is 65.5 Å². The van der Waals surface area contributed by atoms with Gasteiger partial charge in [-0.2, -0.15) is 0 Å². The Kier molecular flexibility index (Phi) is 5.16. The fraction of sp³-hybridized carbons (Fsp3) is 0.556. The molecule has 0 bridgehead atoms. The number of hydrogen-bond acceptors (Lipinski definition) is 2. The standard InChI is InChI=1S/C18H26N4O/c1-2-19-18(21-11-10-20-17(23)14-8-9-14)22-16-12-15(16)13-6-4-3-5-7-13/h3-7,14-16H,2,8-12H2,1H3,(H,20,23)(H2,19,21,22). The van der Waals surface area contributed by atoms with Gasteiger partial charge in [-0.15, -0.1) is 0 Å². The Labute approximate surface area is 138 Å². The molecule has 2 saturated carbocycles. The highest BCUT2D eigenvalue weighted by atomic mass is 16.2. The molecule has 2 unspecified atom stereocenters. The summed E-state index contributed by atoms with van der Waals surface area (Å²) >= 11 is 0. The molecule has 0 saturated heterocycles. The normalized spacial score (nSPS) is 23.3. The Morgan fingerprint density at radius 3 is 2.70 bits per heavy atom. The minimum absolute atomic E-state index is 0.185. The molecule has 0 aliphatic heterocycles. The summed E-state index contributed by atoms with van der Waals surface area (Å²) in [5, 5.41) is 9.71. The Balaban J connectivity index is 1.43. The molecule has 0 radical (unpaired) electrons. The summed E-state index contributed by atoms with van der Waals surface area (Å²) < 4.78 is 0. The van der Waals surface area contributed by atoms with E-state index < -0.39 is 0 Å². The first-order chi connectivity index (χ1) is 11.3. The number of benzene rings is 1. The van der Waals surface area contributed by atoms with Gasteiger partial charge in [-0.05, 0) is 31.7 Å². The van der Waals surface area contributed by atoms with Gasteiger partial charge < -0.3 is 16.0 Å². The lowest BCUT2D eigenvalue weighted by Gasteiger charge is -2.11. The van der Waals surface area contributed by atoms with Gasteiger partial charge in [0, 0.05) is 31.0 Å². The Bertz CT molecular complexity index is 553. The van der Waals surface area contributed by atoms with Crippen LogP contribution in [0.5, 0.6) is 0 Å². The lowest BCUT2D eigenvalue weighted by molar-refractivity contribution is -0.122. The van der Waals surface area contributed by atoms with E-state index in [1.165, 1.54) is 5.56 Å². The third-order valence-corrected chi connectivity index (χ3v) is 4.31. The summed E-state index contributed by atoms with van der Waals surface area (Å²) in [6.07, 6.45) is 3.23. The molecule has 2 aliphatic rings. The first-order valence-corrected chi connectivity index (χ1v) is 8.65. The van der Waals surface area contributed by atoms with Crippen LogP contribution in [-0.2, 0) is 4.79 Å². The number of rotatable bonds is 7. The van der Waals surface area contributed by atoms with E-state index >= 15 is 0 Å². The van der Waals surface area contributed by atoms with Crippen LogP contribution in [0.1, 0.15) is 37.7 Å². The second-order valence-electron chi connectivity index (χ2n) is 6.33. The lowest BCUT2D eigenvalue weighted by atomic mass is 10.1. The third kappa shape index (κ3) is 4.71. The van der Waals surface area contributed by atoms with Crippen molar-refractivity contribution in [2.24, 2.45) is 10.9 Å². The Hall–Kier alpha value is -2.04. The zero-order valence-corrected chi connectivity index (χ0v) is 13.7. The van der Waals surface area contributed by atoms with E-state index in [2.05, 4.69) is 58.2 Å². The quantitative estimate of drug-likeness (QED) is 0.407. The number of carbonyl (C=O) groups is 1. The molecule has 1 aromatic rings. The predicted molar refractivity (Wildman–Crippen MR) is 92.4 cm³/mol. The van der Waals surface area contributed by atoms with Crippen molar-refractivity contribution in [3.8, 4) is 0 Å². The van der Waals surface area contributed by atoms with Gasteiger partial charge in [0.15, 0.2) is 5.96 Å². The zero-order chi connectivity index (χ0) is 16.1. The van der Waals surface area contributed by atoms with Gasteiger partial charge in [0.05, 0.1) is 6.54 Å². The highest BCUT2D eigenvalue weighted by Crippen LogP contribution is 2.40. The summed E-state index contributed by atoms with van der Waals surface area (Å²) in [6.45, 7) is 4.12. The third-order valence-electron chi connectivity index (χ3n) is 4.31. The molecule has 3 N–H and O–H groups in total. The van der Waals surface area contributed by atoms with Crippen molar-refractivity contribution in [1.82, 2.24) is 16.0 Å². The van der Waals surface area contributed by atoms with Crippen LogP contribution >= 0.6 is 0 Å². The van der Waals surface area contributed by atoms with Crippen molar-refractivity contribution in [2.75, 3.05) is 19.6 Å². The van der Waals surface area contributed by atoms with E-state index in [1.54, 1.807) is 0 Å². The van der Waals surface area contributed by atoms with E-state index in [0.29, 0.717) is 25.0 Å². The lowest BCUT2D eigenvalue weighted by Crippen LogP contribution is -2.39. The molecule has 2 aliphatic carbocycles. The average Bonchev–Trinajstić information content (AvgIpc) is 3.46. The fourth-order valence-electron chi connectivity index (χ4n) is 2.76.